The molecule has 0 saturated carbocycles. The van der Waals surface area contributed by atoms with Crippen LogP contribution in [0.2, 0.25) is 20.1 Å². The molecule has 2 aromatic carbocycles. The zero-order valence-corrected chi connectivity index (χ0v) is 28.9. The third kappa shape index (κ3) is 11.5. The van der Waals surface area contributed by atoms with Crippen molar-refractivity contribution in [2.75, 3.05) is 0 Å². The summed E-state index contributed by atoms with van der Waals surface area (Å²) in [6.07, 6.45) is 0.764. The maximum absolute atomic E-state index is 13.1. The summed E-state index contributed by atoms with van der Waals surface area (Å²) < 4.78 is 26.0. The van der Waals surface area contributed by atoms with E-state index in [0.717, 1.165) is 6.21 Å². The second kappa shape index (κ2) is 19.7. The van der Waals surface area contributed by atoms with Gasteiger partial charge in [0.05, 0.1) is 37.4 Å². The first kappa shape index (κ1) is 35.7. The van der Waals surface area contributed by atoms with E-state index in [2.05, 4.69) is 79.6 Å². The van der Waals surface area contributed by atoms with E-state index in [1.165, 1.54) is 6.07 Å². The minimum atomic E-state index is -1.40. The summed E-state index contributed by atoms with van der Waals surface area (Å²) in [5.74, 6) is -2.97. The Labute approximate surface area is 255 Å². The molecule has 32 heavy (non-hydrogen) atoms. The second-order valence-electron chi connectivity index (χ2n) is 4.84. The van der Waals surface area contributed by atoms with Gasteiger partial charge in [0.15, 0.2) is 0 Å². The summed E-state index contributed by atoms with van der Waals surface area (Å²) in [5.41, 5.74) is -0.127. The fourth-order valence-corrected chi connectivity index (χ4v) is 2.73. The summed E-state index contributed by atoms with van der Waals surface area (Å²) in [6, 6.07) is 3.64. The molecule has 0 amide bonds. The first-order valence-electron chi connectivity index (χ1n) is 7.12. The van der Waals surface area contributed by atoms with Crippen LogP contribution in [0.15, 0.2) is 17.3 Å². The Morgan fingerprint density at radius 2 is 1.56 bits per heavy atom. The summed E-state index contributed by atoms with van der Waals surface area (Å²) >= 11 is 31.9. The molecule has 0 saturated heterocycles. The standard InChI is InChI=1S/C8H4Cl2FNO3.C8H4Cl2FN.I3.I2/c9-6-3(8(13)14)1-5(11)7(10)4(6)2-12-15;1-4-2-6(11)8(10)5(3-12)7(4)9;1-3-2;1-2/h1-2,15H,(H,13,14);2H,1H3;;/q;;-1;/b12-2+;;;. The number of nitriles is 1. The van der Waals surface area contributed by atoms with Crippen LogP contribution in [0, 0.1) is 29.9 Å². The minimum Gasteiger partial charge on any atom is -0.478 e. The van der Waals surface area contributed by atoms with Gasteiger partial charge in [-0.25, -0.2) is 13.6 Å². The van der Waals surface area contributed by atoms with Gasteiger partial charge in [0.25, 0.3) is 0 Å². The zero-order chi connectivity index (χ0) is 25.6. The van der Waals surface area contributed by atoms with E-state index in [0.29, 0.717) is 24.9 Å². The van der Waals surface area contributed by atoms with Crippen molar-refractivity contribution in [3.05, 3.63) is 66.1 Å². The quantitative estimate of drug-likeness (QED) is 0.118. The number of hydrogen-bond donors (Lipinski definition) is 2. The van der Waals surface area contributed by atoms with Gasteiger partial charge >= 0.3 is 56.5 Å². The number of benzene rings is 2. The number of aromatic carboxylic acids is 1. The molecule has 2 aromatic rings. The van der Waals surface area contributed by atoms with Gasteiger partial charge in [0.1, 0.15) is 17.7 Å². The molecule has 16 heteroatoms. The molecule has 2 rings (SSSR count). The van der Waals surface area contributed by atoms with Crippen LogP contribution in [0.3, 0.4) is 0 Å². The van der Waals surface area contributed by atoms with Crippen LogP contribution in [0.4, 0.5) is 8.78 Å². The van der Waals surface area contributed by atoms with Crippen LogP contribution in [-0.2, 0) is 0 Å². The summed E-state index contributed by atoms with van der Waals surface area (Å²) in [4.78, 5) is 10.6. The van der Waals surface area contributed by atoms with Crippen molar-refractivity contribution in [1.29, 1.82) is 5.26 Å². The maximum Gasteiger partial charge on any atom is 0.337 e. The summed E-state index contributed by atoms with van der Waals surface area (Å²) in [7, 11) is 0. The molecule has 0 fully saturated rings. The van der Waals surface area contributed by atoms with E-state index in [1.54, 1.807) is 13.0 Å². The number of carbonyl (C=O) groups is 1. The average molecular weight is 1090 g/mol. The zero-order valence-electron chi connectivity index (χ0n) is 15.1. The largest absolute Gasteiger partial charge is 0.478 e. The van der Waals surface area contributed by atoms with Gasteiger partial charge in [-0.2, -0.15) is 5.26 Å². The fourth-order valence-electron chi connectivity index (χ4n) is 1.78. The number of oxime groups is 1. The van der Waals surface area contributed by atoms with E-state index < -0.39 is 28.2 Å². The normalized spacial score (nSPS) is 9.56. The Bertz CT molecular complexity index is 985. The number of carboxylic acids is 1. The SMILES string of the molecule is Cc1cc(F)c(Cl)c(C#N)c1Cl.II.I[I-]I.O=C(O)c1cc(F)c(Cl)c(/C=N/O)c1Cl. The van der Waals surface area contributed by atoms with E-state index >= 15 is 0 Å². The Balaban J connectivity index is 0. The van der Waals surface area contributed by atoms with Crippen LogP contribution < -0.4 is 13.3 Å². The molecule has 0 aliphatic rings. The van der Waals surface area contributed by atoms with Crippen molar-refractivity contribution in [2.45, 2.75) is 6.92 Å². The molecule has 0 aliphatic carbocycles. The first-order valence-corrected chi connectivity index (χ1v) is 27.5. The molecular formula is C16H8Cl4F2I5N2O3-. The topological polar surface area (TPSA) is 93.7 Å². The Kier molecular flexibility index (Phi) is 22.0. The van der Waals surface area contributed by atoms with Gasteiger partial charge in [-0.15, -0.1) is 0 Å². The Morgan fingerprint density at radius 3 is 1.97 bits per heavy atom. The molecule has 0 atom stereocenters. The van der Waals surface area contributed by atoms with Crippen molar-refractivity contribution >= 4 is 133 Å². The molecule has 0 heterocycles. The molecule has 5 nitrogen and oxygen atoms in total. The van der Waals surface area contributed by atoms with Crippen molar-refractivity contribution < 1.29 is 37.1 Å². The van der Waals surface area contributed by atoms with E-state index in [9.17, 15) is 13.6 Å². The predicted octanol–water partition coefficient (Wildman–Crippen LogP) is 6.50. The van der Waals surface area contributed by atoms with Crippen LogP contribution in [0.1, 0.15) is 27.0 Å². The maximum atomic E-state index is 13.1. The molecule has 0 radical (unpaired) electrons. The molecule has 0 spiro atoms. The van der Waals surface area contributed by atoms with Crippen LogP contribution in [0.5, 0.6) is 0 Å². The first-order chi connectivity index (χ1) is 15.0. The van der Waals surface area contributed by atoms with Gasteiger partial charge in [0.2, 0.25) is 0 Å². The van der Waals surface area contributed by atoms with E-state index in [4.69, 9.17) is 62.0 Å². The molecule has 178 valence electrons. The number of rotatable bonds is 2. The summed E-state index contributed by atoms with van der Waals surface area (Å²) in [6.45, 7) is 1.61. The Hall–Kier alpha value is 1.54. The van der Waals surface area contributed by atoms with Gasteiger partial charge in [-0.05, 0) is 24.6 Å². The van der Waals surface area contributed by atoms with Gasteiger partial charge in [0, 0.05) is 42.8 Å². The minimum absolute atomic E-state index is 0.00386. The molecular weight excluding hydrogens is 1080 g/mol. The summed E-state index contributed by atoms with van der Waals surface area (Å²) in [5, 5.41) is 27.4. The predicted molar refractivity (Wildman–Crippen MR) is 155 cm³/mol. The van der Waals surface area contributed by atoms with Crippen molar-refractivity contribution in [2.24, 2.45) is 5.16 Å². The number of nitrogens with zero attached hydrogens (tertiary/aromatic N) is 2. The third-order valence-corrected chi connectivity index (χ3v) is 4.71. The second-order valence-corrected chi connectivity index (χ2v) is 22.6. The van der Waals surface area contributed by atoms with Crippen molar-refractivity contribution in [3.63, 3.8) is 0 Å². The van der Waals surface area contributed by atoms with Crippen molar-refractivity contribution in [1.82, 2.24) is 0 Å². The van der Waals surface area contributed by atoms with Crippen LogP contribution in [-0.4, -0.2) is 22.5 Å². The monoisotopic (exact) mass is 1090 g/mol. The molecule has 0 aliphatic heterocycles. The molecule has 0 aromatic heterocycles. The third-order valence-electron chi connectivity index (χ3n) is 3.06. The average Bonchev–Trinajstić information content (AvgIpc) is 2.75. The number of aryl methyl sites for hydroxylation is 1. The van der Waals surface area contributed by atoms with Gasteiger partial charge < -0.3 is 10.3 Å². The van der Waals surface area contributed by atoms with E-state index in [1.807, 2.05) is 0 Å². The molecule has 2 N–H and O–H groups in total. The number of halogens is 11. The molecule has 0 bridgehead atoms. The Morgan fingerprint density at radius 1 is 1.09 bits per heavy atom. The fraction of sp³-hybridized carbons (Fsp3) is 0.0625. The van der Waals surface area contributed by atoms with Gasteiger partial charge in [-0.1, -0.05) is 51.6 Å². The van der Waals surface area contributed by atoms with Crippen molar-refractivity contribution in [3.8, 4) is 6.07 Å². The smallest absolute Gasteiger partial charge is 0.337 e. The van der Waals surface area contributed by atoms with Crippen LogP contribution >= 0.6 is 121 Å². The number of carboxylic acid groups (broad SMARTS) is 1. The number of hydrogen-bond acceptors (Lipinski definition) is 4. The molecule has 0 unspecified atom stereocenters. The van der Waals surface area contributed by atoms with Crippen LogP contribution in [0.25, 0.3) is 0 Å². The van der Waals surface area contributed by atoms with E-state index in [-0.39, 0.29) is 26.2 Å². The van der Waals surface area contributed by atoms with Gasteiger partial charge in [-0.3, -0.25) is 0 Å².